The smallest absolute Gasteiger partial charge is 0.307 e. The van der Waals surface area contributed by atoms with Gasteiger partial charge in [0, 0.05) is 18.8 Å². The van der Waals surface area contributed by atoms with Crippen molar-refractivity contribution in [2.24, 2.45) is 5.92 Å². The van der Waals surface area contributed by atoms with Crippen molar-refractivity contribution in [2.45, 2.75) is 19.4 Å². The number of carboxylic acid groups (broad SMARTS) is 1. The van der Waals surface area contributed by atoms with Gasteiger partial charge in [-0.2, -0.15) is 0 Å². The van der Waals surface area contributed by atoms with Crippen LogP contribution in [0.15, 0.2) is 54.9 Å². The molecule has 5 nitrogen and oxygen atoms in total. The maximum absolute atomic E-state index is 11.2. The number of hydrogen-bond donors (Lipinski definition) is 1. The molecule has 1 aromatic heterocycles. The van der Waals surface area contributed by atoms with Gasteiger partial charge in [-0.25, -0.2) is 4.98 Å². The topological polar surface area (TPSA) is 58.4 Å². The van der Waals surface area contributed by atoms with Crippen molar-refractivity contribution >= 4 is 17.0 Å². The van der Waals surface area contributed by atoms with E-state index in [9.17, 15) is 9.90 Å². The summed E-state index contributed by atoms with van der Waals surface area (Å²) in [5, 5.41) is 9.22. The van der Waals surface area contributed by atoms with Crippen LogP contribution in [0, 0.1) is 5.92 Å². The first-order valence-corrected chi connectivity index (χ1v) is 8.67. The average molecular weight is 335 g/mol. The lowest BCUT2D eigenvalue weighted by atomic mass is 9.98. The molecule has 0 spiro atoms. The fraction of sp³-hybridized carbons (Fsp3) is 0.300. The summed E-state index contributed by atoms with van der Waals surface area (Å²) in [7, 11) is 0. The molecule has 1 aliphatic heterocycles. The molecule has 25 heavy (non-hydrogen) atoms. The molecule has 1 aliphatic rings. The number of aliphatic carboxylic acids is 1. The van der Waals surface area contributed by atoms with Crippen molar-refractivity contribution in [3.63, 3.8) is 0 Å². The third-order valence-corrected chi connectivity index (χ3v) is 4.93. The number of fused-ring (bicyclic) bond motifs is 1. The van der Waals surface area contributed by atoms with Crippen LogP contribution in [-0.4, -0.2) is 38.6 Å². The highest BCUT2D eigenvalue weighted by atomic mass is 16.4. The summed E-state index contributed by atoms with van der Waals surface area (Å²) in [5.74, 6) is -0.905. The molecule has 1 fully saturated rings. The quantitative estimate of drug-likeness (QED) is 0.794. The summed E-state index contributed by atoms with van der Waals surface area (Å²) < 4.78 is 2.08. The zero-order chi connectivity index (χ0) is 17.2. The third-order valence-electron chi connectivity index (χ3n) is 4.93. The zero-order valence-corrected chi connectivity index (χ0v) is 14.0. The molecule has 0 amide bonds. The van der Waals surface area contributed by atoms with E-state index in [-0.39, 0.29) is 5.92 Å². The van der Waals surface area contributed by atoms with Crippen molar-refractivity contribution < 1.29 is 9.90 Å². The van der Waals surface area contributed by atoms with E-state index in [2.05, 4.69) is 44.8 Å². The zero-order valence-electron chi connectivity index (χ0n) is 14.0. The van der Waals surface area contributed by atoms with Crippen LogP contribution < -0.4 is 0 Å². The summed E-state index contributed by atoms with van der Waals surface area (Å²) in [4.78, 5) is 17.9. The van der Waals surface area contributed by atoms with Crippen LogP contribution in [0.5, 0.6) is 0 Å². The van der Waals surface area contributed by atoms with Gasteiger partial charge in [0.2, 0.25) is 0 Å². The Bertz CT molecular complexity index is 885. The first-order chi connectivity index (χ1) is 12.2. The Morgan fingerprint density at radius 2 is 1.96 bits per heavy atom. The van der Waals surface area contributed by atoms with Gasteiger partial charge in [-0.15, -0.1) is 0 Å². The second-order valence-corrected chi connectivity index (χ2v) is 6.68. The van der Waals surface area contributed by atoms with E-state index >= 15 is 0 Å². The molecule has 0 bridgehead atoms. The molecule has 5 heteroatoms. The van der Waals surface area contributed by atoms with Gasteiger partial charge in [-0.05, 0) is 49.2 Å². The normalized spacial score (nSPS) is 18.5. The summed E-state index contributed by atoms with van der Waals surface area (Å²) >= 11 is 0. The minimum Gasteiger partial charge on any atom is -0.481 e. The molecule has 0 aliphatic carbocycles. The average Bonchev–Trinajstić information content (AvgIpc) is 3.07. The van der Waals surface area contributed by atoms with Gasteiger partial charge in [0.15, 0.2) is 0 Å². The first-order valence-electron chi connectivity index (χ1n) is 8.67. The van der Waals surface area contributed by atoms with E-state index in [0.29, 0.717) is 6.54 Å². The number of piperidine rings is 1. The molecule has 0 radical (unpaired) electrons. The number of rotatable bonds is 4. The Balaban J connectivity index is 1.50. The van der Waals surface area contributed by atoms with Crippen LogP contribution >= 0.6 is 0 Å². The van der Waals surface area contributed by atoms with E-state index in [1.54, 1.807) is 0 Å². The van der Waals surface area contributed by atoms with Crippen LogP contribution in [0.3, 0.4) is 0 Å². The van der Waals surface area contributed by atoms with Crippen LogP contribution in [0.25, 0.3) is 16.7 Å². The highest BCUT2D eigenvalue weighted by Gasteiger charge is 2.25. The maximum Gasteiger partial charge on any atom is 0.307 e. The second kappa shape index (κ2) is 6.69. The third kappa shape index (κ3) is 3.28. The van der Waals surface area contributed by atoms with E-state index in [0.717, 1.165) is 42.7 Å². The molecule has 3 aromatic rings. The van der Waals surface area contributed by atoms with Crippen LogP contribution in [0.4, 0.5) is 0 Å². The molecule has 1 atom stereocenters. The molecule has 1 unspecified atom stereocenters. The van der Waals surface area contributed by atoms with Gasteiger partial charge in [0.1, 0.15) is 6.33 Å². The molecule has 2 heterocycles. The van der Waals surface area contributed by atoms with Gasteiger partial charge in [0.05, 0.1) is 17.0 Å². The number of likely N-dealkylation sites (tertiary alicyclic amines) is 1. The summed E-state index contributed by atoms with van der Waals surface area (Å²) in [6, 6.07) is 16.5. The summed E-state index contributed by atoms with van der Waals surface area (Å²) in [6.07, 6.45) is 3.59. The molecule has 1 saturated heterocycles. The van der Waals surface area contributed by atoms with Crippen molar-refractivity contribution in [3.8, 4) is 5.69 Å². The Labute approximate surface area is 146 Å². The Morgan fingerprint density at radius 3 is 2.76 bits per heavy atom. The number of imidazole rings is 1. The number of carbonyl (C=O) groups is 1. The monoisotopic (exact) mass is 335 g/mol. The predicted molar refractivity (Wildman–Crippen MR) is 96.7 cm³/mol. The molecular formula is C20H21N3O2. The predicted octanol–water partition coefficient (Wildman–Crippen LogP) is 3.32. The highest BCUT2D eigenvalue weighted by Crippen LogP contribution is 2.21. The lowest BCUT2D eigenvalue weighted by Crippen LogP contribution is -2.38. The van der Waals surface area contributed by atoms with Gasteiger partial charge in [-0.1, -0.05) is 24.3 Å². The largest absolute Gasteiger partial charge is 0.481 e. The van der Waals surface area contributed by atoms with E-state index in [1.807, 2.05) is 24.5 Å². The number of hydrogen-bond acceptors (Lipinski definition) is 3. The second-order valence-electron chi connectivity index (χ2n) is 6.68. The molecule has 2 aromatic carbocycles. The van der Waals surface area contributed by atoms with E-state index in [1.165, 1.54) is 5.56 Å². The Kier molecular flexibility index (Phi) is 4.24. The first kappa shape index (κ1) is 15.8. The number of benzene rings is 2. The summed E-state index contributed by atoms with van der Waals surface area (Å²) in [6.45, 7) is 2.41. The number of nitrogens with zero attached hydrogens (tertiary/aromatic N) is 3. The highest BCUT2D eigenvalue weighted by molar-refractivity contribution is 5.77. The lowest BCUT2D eigenvalue weighted by molar-refractivity contribution is -0.143. The molecule has 1 N–H and O–H groups in total. The van der Waals surface area contributed by atoms with Crippen molar-refractivity contribution in [1.82, 2.24) is 14.5 Å². The molecular weight excluding hydrogens is 314 g/mol. The number of aromatic nitrogens is 2. The van der Waals surface area contributed by atoms with Crippen LogP contribution in [-0.2, 0) is 11.3 Å². The minimum absolute atomic E-state index is 0.231. The number of carboxylic acids is 1. The molecule has 4 rings (SSSR count). The standard InChI is InChI=1S/C20H21N3O2/c24-20(25)16-4-3-11-22(13-16)12-15-7-9-17(10-8-15)23-14-21-18-5-1-2-6-19(18)23/h1-2,5-10,14,16H,3-4,11-13H2,(H,24,25). The summed E-state index contributed by atoms with van der Waals surface area (Å²) in [5.41, 5.74) is 4.37. The van der Waals surface area contributed by atoms with Crippen molar-refractivity contribution in [2.75, 3.05) is 13.1 Å². The van der Waals surface area contributed by atoms with Crippen molar-refractivity contribution in [1.29, 1.82) is 0 Å². The number of para-hydroxylation sites is 2. The minimum atomic E-state index is -0.674. The fourth-order valence-corrected chi connectivity index (χ4v) is 3.59. The van der Waals surface area contributed by atoms with Crippen molar-refractivity contribution in [3.05, 3.63) is 60.4 Å². The van der Waals surface area contributed by atoms with Crippen LogP contribution in [0.1, 0.15) is 18.4 Å². The fourth-order valence-electron chi connectivity index (χ4n) is 3.59. The van der Waals surface area contributed by atoms with Gasteiger partial charge < -0.3 is 5.11 Å². The van der Waals surface area contributed by atoms with Gasteiger partial charge >= 0.3 is 5.97 Å². The molecule has 128 valence electrons. The van der Waals surface area contributed by atoms with Gasteiger partial charge in [-0.3, -0.25) is 14.3 Å². The molecule has 0 saturated carbocycles. The van der Waals surface area contributed by atoms with Crippen LogP contribution in [0.2, 0.25) is 0 Å². The lowest BCUT2D eigenvalue weighted by Gasteiger charge is -2.30. The SMILES string of the molecule is O=C(O)C1CCCN(Cc2ccc(-n3cnc4ccccc43)cc2)C1. The maximum atomic E-state index is 11.2. The van der Waals surface area contributed by atoms with Gasteiger partial charge in [0.25, 0.3) is 0 Å². The Hall–Kier alpha value is -2.66. The Morgan fingerprint density at radius 1 is 1.16 bits per heavy atom. The van der Waals surface area contributed by atoms with E-state index in [4.69, 9.17) is 0 Å². The van der Waals surface area contributed by atoms with E-state index < -0.39 is 5.97 Å².